The molecule has 2 rings (SSSR count). The van der Waals surface area contributed by atoms with Crippen molar-refractivity contribution < 1.29 is 5.11 Å². The molecule has 1 aliphatic heterocycles. The summed E-state index contributed by atoms with van der Waals surface area (Å²) in [6.07, 6.45) is 0.812. The van der Waals surface area contributed by atoms with Crippen molar-refractivity contribution in [2.75, 3.05) is 13.1 Å². The van der Waals surface area contributed by atoms with Crippen LogP contribution < -0.4 is 5.32 Å². The van der Waals surface area contributed by atoms with Crippen LogP contribution in [-0.4, -0.2) is 18.2 Å². The van der Waals surface area contributed by atoms with Gasteiger partial charge >= 0.3 is 0 Å². The van der Waals surface area contributed by atoms with Gasteiger partial charge in [0.1, 0.15) is 5.60 Å². The summed E-state index contributed by atoms with van der Waals surface area (Å²) in [6, 6.07) is 1.98. The van der Waals surface area contributed by atoms with Crippen LogP contribution in [0.25, 0.3) is 0 Å². The summed E-state index contributed by atoms with van der Waals surface area (Å²) in [5.74, 6) is 0. The van der Waals surface area contributed by atoms with Crippen LogP contribution in [0.3, 0.4) is 0 Å². The van der Waals surface area contributed by atoms with Gasteiger partial charge in [-0.3, -0.25) is 0 Å². The maximum Gasteiger partial charge on any atom is 0.113 e. The Balaban J connectivity index is 2.34. The molecule has 1 atom stereocenters. The minimum Gasteiger partial charge on any atom is -0.383 e. The first-order chi connectivity index (χ1) is 5.72. The molecule has 1 unspecified atom stereocenters. The van der Waals surface area contributed by atoms with Gasteiger partial charge in [-0.2, -0.15) is 0 Å². The number of rotatable bonds is 1. The lowest BCUT2D eigenvalue weighted by Gasteiger charge is -2.19. The highest BCUT2D eigenvalue weighted by Crippen LogP contribution is 2.36. The van der Waals surface area contributed by atoms with Crippen LogP contribution >= 0.6 is 27.3 Å². The summed E-state index contributed by atoms with van der Waals surface area (Å²) in [6.45, 7) is 1.58. The summed E-state index contributed by atoms with van der Waals surface area (Å²) in [5, 5.41) is 15.3. The quantitative estimate of drug-likeness (QED) is 0.792. The first-order valence-corrected chi connectivity index (χ1v) is 5.56. The van der Waals surface area contributed by atoms with Gasteiger partial charge in [0.25, 0.3) is 0 Å². The predicted octanol–water partition coefficient (Wildman–Crippen LogP) is 1.69. The normalized spacial score (nSPS) is 29.5. The summed E-state index contributed by atoms with van der Waals surface area (Å²) in [5.41, 5.74) is -0.632. The van der Waals surface area contributed by atoms with E-state index in [1.54, 1.807) is 11.3 Å². The zero-order chi connectivity index (χ0) is 8.60. The predicted molar refractivity (Wildman–Crippen MR) is 53.4 cm³/mol. The van der Waals surface area contributed by atoms with E-state index >= 15 is 0 Å². The van der Waals surface area contributed by atoms with Crippen LogP contribution in [0.2, 0.25) is 0 Å². The second-order valence-corrected chi connectivity index (χ2v) is 4.83. The lowest BCUT2D eigenvalue weighted by molar-refractivity contribution is 0.0619. The van der Waals surface area contributed by atoms with Crippen molar-refractivity contribution in [3.63, 3.8) is 0 Å². The zero-order valence-electron chi connectivity index (χ0n) is 6.51. The number of thiophene rings is 1. The summed E-state index contributed by atoms with van der Waals surface area (Å²) in [4.78, 5) is 1.05. The fourth-order valence-electron chi connectivity index (χ4n) is 1.50. The fraction of sp³-hybridized carbons (Fsp3) is 0.500. The van der Waals surface area contributed by atoms with Crippen molar-refractivity contribution in [3.8, 4) is 0 Å². The lowest BCUT2D eigenvalue weighted by atomic mass is 10.0. The summed E-state index contributed by atoms with van der Waals surface area (Å²) >= 11 is 5.04. The Bertz CT molecular complexity index is 280. The van der Waals surface area contributed by atoms with Crippen molar-refractivity contribution in [3.05, 3.63) is 20.8 Å². The first kappa shape index (κ1) is 8.69. The lowest BCUT2D eigenvalue weighted by Crippen LogP contribution is -2.27. The maximum absolute atomic E-state index is 10.2. The molecule has 0 spiro atoms. The summed E-state index contributed by atoms with van der Waals surface area (Å²) in [7, 11) is 0. The van der Waals surface area contributed by atoms with Crippen LogP contribution in [0.1, 0.15) is 11.3 Å². The van der Waals surface area contributed by atoms with Crippen LogP contribution in [0, 0.1) is 0 Å². The van der Waals surface area contributed by atoms with E-state index in [0.717, 1.165) is 22.3 Å². The van der Waals surface area contributed by atoms with E-state index in [1.165, 1.54) is 0 Å². The first-order valence-electron chi connectivity index (χ1n) is 3.89. The van der Waals surface area contributed by atoms with Crippen LogP contribution in [0.15, 0.2) is 15.9 Å². The molecule has 2 nitrogen and oxygen atoms in total. The highest BCUT2D eigenvalue weighted by Gasteiger charge is 2.35. The third kappa shape index (κ3) is 1.33. The highest BCUT2D eigenvalue weighted by molar-refractivity contribution is 9.10. The summed E-state index contributed by atoms with van der Waals surface area (Å²) < 4.78 is 1.03. The molecule has 1 aromatic rings. The number of hydrogen-bond donors (Lipinski definition) is 2. The zero-order valence-corrected chi connectivity index (χ0v) is 8.91. The van der Waals surface area contributed by atoms with Gasteiger partial charge in [0.15, 0.2) is 0 Å². The Kier molecular flexibility index (Phi) is 2.25. The Labute approximate surface area is 83.7 Å². The molecule has 1 saturated heterocycles. The van der Waals surface area contributed by atoms with Crippen molar-refractivity contribution in [1.82, 2.24) is 5.32 Å². The Hall–Kier alpha value is 0.1000. The van der Waals surface area contributed by atoms with Gasteiger partial charge in [0.05, 0.1) is 4.88 Å². The molecule has 0 amide bonds. The molecule has 1 aliphatic rings. The SMILES string of the molecule is OC1(c2sccc2Br)CCNC1. The second kappa shape index (κ2) is 3.10. The molecular weight excluding hydrogens is 238 g/mol. The van der Waals surface area contributed by atoms with Crippen molar-refractivity contribution >= 4 is 27.3 Å². The van der Waals surface area contributed by atoms with E-state index in [4.69, 9.17) is 0 Å². The monoisotopic (exact) mass is 247 g/mol. The molecule has 1 fully saturated rings. The van der Waals surface area contributed by atoms with E-state index < -0.39 is 5.60 Å². The van der Waals surface area contributed by atoms with Gasteiger partial charge in [-0.1, -0.05) is 0 Å². The fourth-order valence-corrected chi connectivity index (χ4v) is 3.37. The van der Waals surface area contributed by atoms with Gasteiger partial charge in [0.2, 0.25) is 0 Å². The topological polar surface area (TPSA) is 32.3 Å². The molecule has 0 radical (unpaired) electrons. The molecule has 1 aromatic heterocycles. The van der Waals surface area contributed by atoms with Crippen LogP contribution in [0.5, 0.6) is 0 Å². The highest BCUT2D eigenvalue weighted by atomic mass is 79.9. The third-order valence-electron chi connectivity index (χ3n) is 2.17. The van der Waals surface area contributed by atoms with Crippen LogP contribution in [-0.2, 0) is 5.60 Å². The van der Waals surface area contributed by atoms with E-state index in [1.807, 2.05) is 11.4 Å². The molecule has 66 valence electrons. The molecule has 2 N–H and O–H groups in total. The Morgan fingerprint density at radius 3 is 3.00 bits per heavy atom. The van der Waals surface area contributed by atoms with Gasteiger partial charge in [-0.05, 0) is 40.3 Å². The molecule has 0 bridgehead atoms. The standard InChI is InChI=1S/C8H10BrNOS/c9-6-1-4-12-7(6)8(11)2-3-10-5-8/h1,4,10-11H,2-3,5H2. The molecule has 2 heterocycles. The Morgan fingerprint density at radius 2 is 2.50 bits per heavy atom. The van der Waals surface area contributed by atoms with E-state index in [-0.39, 0.29) is 0 Å². The van der Waals surface area contributed by atoms with E-state index in [9.17, 15) is 5.11 Å². The number of hydrogen-bond acceptors (Lipinski definition) is 3. The third-order valence-corrected chi connectivity index (χ3v) is 4.20. The smallest absolute Gasteiger partial charge is 0.113 e. The molecule has 12 heavy (non-hydrogen) atoms. The van der Waals surface area contributed by atoms with Crippen molar-refractivity contribution in [2.45, 2.75) is 12.0 Å². The van der Waals surface area contributed by atoms with Crippen LogP contribution in [0.4, 0.5) is 0 Å². The minimum atomic E-state index is -0.632. The van der Waals surface area contributed by atoms with Gasteiger partial charge < -0.3 is 10.4 Å². The van der Waals surface area contributed by atoms with Gasteiger partial charge in [-0.25, -0.2) is 0 Å². The average Bonchev–Trinajstić information content (AvgIpc) is 2.59. The largest absolute Gasteiger partial charge is 0.383 e. The van der Waals surface area contributed by atoms with Crippen molar-refractivity contribution in [2.24, 2.45) is 0 Å². The van der Waals surface area contributed by atoms with Gasteiger partial charge in [-0.15, -0.1) is 11.3 Å². The minimum absolute atomic E-state index is 0.632. The molecule has 0 aromatic carbocycles. The average molecular weight is 248 g/mol. The molecule has 4 heteroatoms. The maximum atomic E-state index is 10.2. The number of halogens is 1. The molecule has 0 saturated carbocycles. The number of nitrogens with one attached hydrogen (secondary N) is 1. The molecule has 0 aliphatic carbocycles. The molecular formula is C8H10BrNOS. The second-order valence-electron chi connectivity index (χ2n) is 3.06. The number of β-amino-alcohol motifs (C(OH)–C–C–N with tert-alkyl or cyclic N) is 1. The van der Waals surface area contributed by atoms with Crippen molar-refractivity contribution in [1.29, 1.82) is 0 Å². The van der Waals surface area contributed by atoms with Gasteiger partial charge in [0, 0.05) is 11.0 Å². The van der Waals surface area contributed by atoms with E-state index in [0.29, 0.717) is 6.54 Å². The van der Waals surface area contributed by atoms with E-state index in [2.05, 4.69) is 21.2 Å². The Morgan fingerprint density at radius 1 is 1.67 bits per heavy atom. The number of aliphatic hydroxyl groups is 1.